The average molecular weight is 463 g/mol. The molecule has 1 aliphatic heterocycles. The third kappa shape index (κ3) is 5.00. The number of carbonyl (C=O) groups excluding carboxylic acids is 1. The van der Waals surface area contributed by atoms with Gasteiger partial charge in [0, 0.05) is 50.6 Å². The van der Waals surface area contributed by atoms with Gasteiger partial charge in [0.25, 0.3) is 5.91 Å². The van der Waals surface area contributed by atoms with Gasteiger partial charge in [-0.3, -0.25) is 9.79 Å². The largest absolute Gasteiger partial charge is 0.353 e. The van der Waals surface area contributed by atoms with E-state index >= 15 is 0 Å². The van der Waals surface area contributed by atoms with Gasteiger partial charge < -0.3 is 9.80 Å². The SMILES string of the molecule is Cn1nc(-c2ccc(C(=O)N3CCN(c4ccccn4)CC3)cc2)sc1=NC1CCCCC1. The van der Waals surface area contributed by atoms with E-state index in [0.29, 0.717) is 19.1 Å². The number of hydrogen-bond acceptors (Lipinski definition) is 6. The number of hydrogen-bond donors (Lipinski definition) is 0. The van der Waals surface area contributed by atoms with E-state index in [4.69, 9.17) is 4.99 Å². The molecule has 7 nitrogen and oxygen atoms in total. The van der Waals surface area contributed by atoms with Crippen molar-refractivity contribution in [2.24, 2.45) is 12.0 Å². The highest BCUT2D eigenvalue weighted by molar-refractivity contribution is 7.12. The Morgan fingerprint density at radius 1 is 1.00 bits per heavy atom. The zero-order valence-electron chi connectivity index (χ0n) is 19.1. The van der Waals surface area contributed by atoms with Gasteiger partial charge in [-0.15, -0.1) is 0 Å². The third-order valence-electron chi connectivity index (χ3n) is 6.49. The van der Waals surface area contributed by atoms with E-state index in [9.17, 15) is 4.79 Å². The van der Waals surface area contributed by atoms with Crippen LogP contribution in [0.15, 0.2) is 53.7 Å². The van der Waals surface area contributed by atoms with Gasteiger partial charge in [0.1, 0.15) is 10.8 Å². The average Bonchev–Trinajstić information content (AvgIpc) is 3.25. The second-order valence-electron chi connectivity index (χ2n) is 8.78. The van der Waals surface area contributed by atoms with Gasteiger partial charge in [-0.1, -0.05) is 48.8 Å². The van der Waals surface area contributed by atoms with Crippen molar-refractivity contribution in [3.8, 4) is 10.6 Å². The monoisotopic (exact) mass is 462 g/mol. The predicted molar refractivity (Wildman–Crippen MR) is 131 cm³/mol. The molecule has 0 bridgehead atoms. The zero-order valence-corrected chi connectivity index (χ0v) is 19.9. The molecule has 172 valence electrons. The molecule has 3 aromatic rings. The van der Waals surface area contributed by atoms with Gasteiger partial charge in [-0.05, 0) is 37.1 Å². The van der Waals surface area contributed by atoms with Crippen LogP contribution in [0, 0.1) is 0 Å². The van der Waals surface area contributed by atoms with E-state index in [2.05, 4.69) is 15.0 Å². The summed E-state index contributed by atoms with van der Waals surface area (Å²) in [6, 6.07) is 14.2. The maximum Gasteiger partial charge on any atom is 0.253 e. The van der Waals surface area contributed by atoms with E-state index in [1.165, 1.54) is 32.1 Å². The molecular formula is C25H30N6OS. The second kappa shape index (κ2) is 9.87. The smallest absolute Gasteiger partial charge is 0.253 e. The molecule has 1 amide bonds. The van der Waals surface area contributed by atoms with Gasteiger partial charge in [0.15, 0.2) is 0 Å². The molecule has 1 saturated carbocycles. The molecule has 1 aromatic carbocycles. The first-order valence-electron chi connectivity index (χ1n) is 11.8. The highest BCUT2D eigenvalue weighted by atomic mass is 32.1. The lowest BCUT2D eigenvalue weighted by Crippen LogP contribution is -2.49. The summed E-state index contributed by atoms with van der Waals surface area (Å²) in [5.74, 6) is 1.06. The van der Waals surface area contributed by atoms with E-state index < -0.39 is 0 Å². The fourth-order valence-electron chi connectivity index (χ4n) is 4.56. The molecule has 2 fully saturated rings. The number of carbonyl (C=O) groups is 1. The number of aromatic nitrogens is 3. The van der Waals surface area contributed by atoms with Gasteiger partial charge in [0.05, 0.1) is 6.04 Å². The first-order chi connectivity index (χ1) is 16.2. The molecule has 0 unspecified atom stereocenters. The number of anilines is 1. The quantitative estimate of drug-likeness (QED) is 0.592. The lowest BCUT2D eigenvalue weighted by Gasteiger charge is -2.35. The maximum absolute atomic E-state index is 13.0. The molecule has 3 heterocycles. The Labute approximate surface area is 198 Å². The van der Waals surface area contributed by atoms with Gasteiger partial charge >= 0.3 is 0 Å². The number of pyridine rings is 1. The Hall–Kier alpha value is -3.00. The van der Waals surface area contributed by atoms with Gasteiger partial charge in [0.2, 0.25) is 4.80 Å². The van der Waals surface area contributed by atoms with Crippen LogP contribution in [0.4, 0.5) is 5.82 Å². The summed E-state index contributed by atoms with van der Waals surface area (Å²) >= 11 is 1.63. The minimum atomic E-state index is 0.0832. The van der Waals surface area contributed by atoms with E-state index in [1.807, 2.05) is 65.3 Å². The summed E-state index contributed by atoms with van der Waals surface area (Å²) in [5, 5.41) is 5.62. The van der Waals surface area contributed by atoms with Crippen molar-refractivity contribution in [2.75, 3.05) is 31.1 Å². The first-order valence-corrected chi connectivity index (χ1v) is 12.6. The Morgan fingerprint density at radius 2 is 1.76 bits per heavy atom. The van der Waals surface area contributed by atoms with Crippen LogP contribution in [0.1, 0.15) is 42.5 Å². The normalized spacial score (nSPS) is 18.0. The number of nitrogens with zero attached hydrogens (tertiary/aromatic N) is 6. The summed E-state index contributed by atoms with van der Waals surface area (Å²) < 4.78 is 1.88. The Kier molecular flexibility index (Phi) is 6.53. The van der Waals surface area contributed by atoms with Crippen LogP contribution in [0.3, 0.4) is 0 Å². The van der Waals surface area contributed by atoms with E-state index in [-0.39, 0.29) is 5.91 Å². The number of rotatable bonds is 4. The number of benzene rings is 1. The Bertz CT molecular complexity index is 1140. The fraction of sp³-hybridized carbons (Fsp3) is 0.440. The molecule has 1 saturated heterocycles. The van der Waals surface area contributed by atoms with Crippen molar-refractivity contribution in [2.45, 2.75) is 38.1 Å². The van der Waals surface area contributed by atoms with Crippen molar-refractivity contribution in [3.05, 3.63) is 59.0 Å². The fourth-order valence-corrected chi connectivity index (χ4v) is 5.53. The topological polar surface area (TPSA) is 66.6 Å². The van der Waals surface area contributed by atoms with E-state index in [1.54, 1.807) is 11.3 Å². The van der Waals surface area contributed by atoms with Crippen molar-refractivity contribution in [3.63, 3.8) is 0 Å². The summed E-state index contributed by atoms with van der Waals surface area (Å²) in [4.78, 5) is 27.5. The molecular weight excluding hydrogens is 432 g/mol. The molecule has 8 heteroatoms. The van der Waals surface area contributed by atoms with Crippen LogP contribution in [-0.4, -0.2) is 57.8 Å². The Morgan fingerprint density at radius 3 is 2.45 bits per heavy atom. The first kappa shape index (κ1) is 21.8. The van der Waals surface area contributed by atoms with Crippen molar-refractivity contribution in [1.29, 1.82) is 0 Å². The highest BCUT2D eigenvalue weighted by Crippen LogP contribution is 2.23. The van der Waals surface area contributed by atoms with Gasteiger partial charge in [-0.25, -0.2) is 9.67 Å². The van der Waals surface area contributed by atoms with Gasteiger partial charge in [-0.2, -0.15) is 5.10 Å². The molecule has 0 atom stereocenters. The van der Waals surface area contributed by atoms with Crippen molar-refractivity contribution in [1.82, 2.24) is 19.7 Å². The second-order valence-corrected chi connectivity index (χ2v) is 9.73. The summed E-state index contributed by atoms with van der Waals surface area (Å²) in [7, 11) is 1.96. The molecule has 33 heavy (non-hydrogen) atoms. The maximum atomic E-state index is 13.0. The molecule has 0 radical (unpaired) electrons. The Balaban J connectivity index is 1.24. The zero-order chi connectivity index (χ0) is 22.6. The summed E-state index contributed by atoms with van der Waals surface area (Å²) in [6.45, 7) is 2.99. The predicted octanol–water partition coefficient (Wildman–Crippen LogP) is 3.74. The lowest BCUT2D eigenvalue weighted by atomic mass is 9.96. The van der Waals surface area contributed by atoms with Crippen LogP contribution < -0.4 is 9.70 Å². The minimum absolute atomic E-state index is 0.0832. The van der Waals surface area contributed by atoms with E-state index in [0.717, 1.165) is 39.8 Å². The molecule has 2 aromatic heterocycles. The number of amides is 1. The lowest BCUT2D eigenvalue weighted by molar-refractivity contribution is 0.0746. The summed E-state index contributed by atoms with van der Waals surface area (Å²) in [6.07, 6.45) is 8.05. The van der Waals surface area contributed by atoms with Crippen LogP contribution >= 0.6 is 11.3 Å². The third-order valence-corrected chi connectivity index (χ3v) is 7.56. The molecule has 0 N–H and O–H groups in total. The van der Waals surface area contributed by atoms with Crippen LogP contribution in [0.5, 0.6) is 0 Å². The molecule has 2 aliphatic rings. The molecule has 5 rings (SSSR count). The van der Waals surface area contributed by atoms with Crippen LogP contribution in [0.25, 0.3) is 10.6 Å². The van der Waals surface area contributed by atoms with Crippen LogP contribution in [0.2, 0.25) is 0 Å². The number of aryl methyl sites for hydroxylation is 1. The molecule has 1 aliphatic carbocycles. The highest BCUT2D eigenvalue weighted by Gasteiger charge is 2.23. The van der Waals surface area contributed by atoms with Crippen molar-refractivity contribution >= 4 is 23.1 Å². The van der Waals surface area contributed by atoms with Crippen LogP contribution in [-0.2, 0) is 7.05 Å². The van der Waals surface area contributed by atoms with Crippen molar-refractivity contribution < 1.29 is 4.79 Å². The standard InChI is InChI=1S/C25H30N6OS/c1-29-25(27-21-7-3-2-4-8-21)33-23(28-29)19-10-12-20(13-11-19)24(32)31-17-15-30(16-18-31)22-9-5-6-14-26-22/h5-6,9-14,21H,2-4,7-8,15-18H2,1H3. The molecule has 0 spiro atoms. The number of piperazine rings is 1. The minimum Gasteiger partial charge on any atom is -0.353 e. The summed E-state index contributed by atoms with van der Waals surface area (Å²) in [5.41, 5.74) is 1.75.